The van der Waals surface area contributed by atoms with Gasteiger partial charge in [-0.2, -0.15) is 0 Å². The van der Waals surface area contributed by atoms with Gasteiger partial charge in [-0.1, -0.05) is 31.2 Å². The molecule has 22 heavy (non-hydrogen) atoms. The van der Waals surface area contributed by atoms with E-state index in [2.05, 4.69) is 48.6 Å². The fourth-order valence-corrected chi connectivity index (χ4v) is 3.55. The second kappa shape index (κ2) is 7.03. The molecule has 1 aliphatic rings. The van der Waals surface area contributed by atoms with E-state index < -0.39 is 0 Å². The Balaban J connectivity index is 2.04. The highest BCUT2D eigenvalue weighted by Crippen LogP contribution is 2.42. The van der Waals surface area contributed by atoms with E-state index in [9.17, 15) is 0 Å². The Morgan fingerprint density at radius 3 is 2.77 bits per heavy atom. The molecule has 2 aromatic rings. The number of para-hydroxylation sites is 1. The summed E-state index contributed by atoms with van der Waals surface area (Å²) in [6.45, 7) is 3.16. The van der Waals surface area contributed by atoms with Crippen LogP contribution in [0, 0.1) is 0 Å². The lowest BCUT2D eigenvalue weighted by molar-refractivity contribution is 0.481. The molecule has 114 valence electrons. The summed E-state index contributed by atoms with van der Waals surface area (Å²) in [6, 6.07) is 14.8. The number of hydrogen-bond donors (Lipinski definition) is 1. The average Bonchev–Trinajstić information content (AvgIpc) is 2.70. The number of ether oxygens (including phenoxy) is 1. The van der Waals surface area contributed by atoms with Crippen LogP contribution in [0.2, 0.25) is 0 Å². The third kappa shape index (κ3) is 3.21. The Kier molecular flexibility index (Phi) is 4.86. The second-order valence-electron chi connectivity index (χ2n) is 5.28. The molecule has 3 rings (SSSR count). The quantitative estimate of drug-likeness (QED) is 0.801. The van der Waals surface area contributed by atoms with Crippen molar-refractivity contribution >= 4 is 22.7 Å². The van der Waals surface area contributed by atoms with Crippen molar-refractivity contribution in [2.75, 3.05) is 19.3 Å². The summed E-state index contributed by atoms with van der Waals surface area (Å²) >= 11 is 1.87. The lowest BCUT2D eigenvalue weighted by atomic mass is 10.1. The highest BCUT2D eigenvalue weighted by molar-refractivity contribution is 8.08. The van der Waals surface area contributed by atoms with Gasteiger partial charge in [0.05, 0.1) is 0 Å². The van der Waals surface area contributed by atoms with Crippen molar-refractivity contribution in [3.63, 3.8) is 0 Å². The molecule has 0 aromatic heterocycles. The smallest absolute Gasteiger partial charge is 0.136 e. The first-order chi connectivity index (χ1) is 10.8. The zero-order valence-corrected chi connectivity index (χ0v) is 13.9. The number of hydrogen-bond acceptors (Lipinski definition) is 3. The fourth-order valence-electron chi connectivity index (χ4n) is 2.49. The van der Waals surface area contributed by atoms with E-state index >= 15 is 0 Å². The number of thioether (sulfide) groups is 1. The van der Waals surface area contributed by atoms with Crippen LogP contribution in [0.5, 0.6) is 11.5 Å². The second-order valence-corrected chi connectivity index (χ2v) is 6.42. The lowest BCUT2D eigenvalue weighted by Gasteiger charge is -2.12. The standard InChI is InChI=1S/C19H21NOS/c1-3-14-8-9-16-18(12-14)21-17-7-5-4-6-15(17)13-19(16)22-11-10-20-2/h4-9,12-13,20H,3,10-11H2,1-2H3. The number of fused-ring (bicyclic) bond motifs is 2. The summed E-state index contributed by atoms with van der Waals surface area (Å²) in [4.78, 5) is 1.28. The van der Waals surface area contributed by atoms with Crippen molar-refractivity contribution in [3.05, 3.63) is 59.2 Å². The van der Waals surface area contributed by atoms with Crippen LogP contribution in [0.3, 0.4) is 0 Å². The van der Waals surface area contributed by atoms with Gasteiger partial charge >= 0.3 is 0 Å². The van der Waals surface area contributed by atoms with E-state index in [4.69, 9.17) is 4.74 Å². The van der Waals surface area contributed by atoms with Crippen LogP contribution >= 0.6 is 11.8 Å². The van der Waals surface area contributed by atoms with Gasteiger partial charge in [0, 0.05) is 28.3 Å². The number of nitrogens with one attached hydrogen (secondary N) is 1. The maximum Gasteiger partial charge on any atom is 0.136 e. The molecule has 1 aliphatic heterocycles. The van der Waals surface area contributed by atoms with Crippen LogP contribution in [0.4, 0.5) is 0 Å². The third-order valence-corrected chi connectivity index (χ3v) is 4.81. The van der Waals surface area contributed by atoms with E-state index in [0.717, 1.165) is 35.8 Å². The first kappa shape index (κ1) is 15.2. The molecular weight excluding hydrogens is 290 g/mol. The van der Waals surface area contributed by atoms with Crippen LogP contribution in [-0.4, -0.2) is 19.3 Å². The molecule has 1 heterocycles. The minimum Gasteiger partial charge on any atom is -0.456 e. The molecule has 0 fully saturated rings. The zero-order chi connectivity index (χ0) is 15.4. The van der Waals surface area contributed by atoms with Crippen molar-refractivity contribution in [3.8, 4) is 11.5 Å². The molecule has 0 saturated carbocycles. The molecule has 2 aromatic carbocycles. The molecule has 0 bridgehead atoms. The highest BCUT2D eigenvalue weighted by Gasteiger charge is 2.17. The van der Waals surface area contributed by atoms with Crippen LogP contribution in [-0.2, 0) is 6.42 Å². The van der Waals surface area contributed by atoms with E-state index in [1.54, 1.807) is 0 Å². The van der Waals surface area contributed by atoms with Crippen LogP contribution in [0.25, 0.3) is 11.0 Å². The predicted molar refractivity (Wildman–Crippen MR) is 96.6 cm³/mol. The summed E-state index contributed by atoms with van der Waals surface area (Å²) in [6.07, 6.45) is 3.26. The van der Waals surface area contributed by atoms with E-state index in [0.29, 0.717) is 0 Å². The summed E-state index contributed by atoms with van der Waals surface area (Å²) < 4.78 is 6.20. The van der Waals surface area contributed by atoms with Gasteiger partial charge in [-0.3, -0.25) is 0 Å². The Morgan fingerprint density at radius 2 is 1.95 bits per heavy atom. The topological polar surface area (TPSA) is 21.3 Å². The molecule has 0 unspecified atom stereocenters. The van der Waals surface area contributed by atoms with Crippen molar-refractivity contribution in [2.24, 2.45) is 0 Å². The zero-order valence-electron chi connectivity index (χ0n) is 13.1. The highest BCUT2D eigenvalue weighted by atomic mass is 32.2. The number of benzene rings is 2. The van der Waals surface area contributed by atoms with Crippen molar-refractivity contribution in [1.82, 2.24) is 5.32 Å². The van der Waals surface area contributed by atoms with Gasteiger partial charge in [0.25, 0.3) is 0 Å². The van der Waals surface area contributed by atoms with Gasteiger partial charge in [-0.05, 0) is 43.3 Å². The minimum atomic E-state index is 0.932. The summed E-state index contributed by atoms with van der Waals surface area (Å²) in [5.41, 5.74) is 3.64. The SMILES string of the molecule is CCc1ccc2c(c1)Oc1ccccc1C=C2SCCNC. The molecule has 2 nitrogen and oxygen atoms in total. The van der Waals surface area contributed by atoms with Gasteiger partial charge in [0.15, 0.2) is 0 Å². The first-order valence-electron chi connectivity index (χ1n) is 7.71. The van der Waals surface area contributed by atoms with Crippen LogP contribution in [0.15, 0.2) is 42.5 Å². The number of rotatable bonds is 5. The summed E-state index contributed by atoms with van der Waals surface area (Å²) in [5, 5.41) is 3.20. The Bertz CT molecular complexity index is 694. The maximum absolute atomic E-state index is 6.20. The normalized spacial score (nSPS) is 12.7. The summed E-state index contributed by atoms with van der Waals surface area (Å²) in [7, 11) is 1.99. The molecule has 0 spiro atoms. The summed E-state index contributed by atoms with van der Waals surface area (Å²) in [5.74, 6) is 2.94. The van der Waals surface area contributed by atoms with E-state index in [1.807, 2.05) is 30.9 Å². The third-order valence-electron chi connectivity index (χ3n) is 3.75. The molecular formula is C19H21NOS. The molecule has 0 aliphatic carbocycles. The minimum absolute atomic E-state index is 0.932. The lowest BCUT2D eigenvalue weighted by Crippen LogP contribution is -2.09. The van der Waals surface area contributed by atoms with Crippen molar-refractivity contribution in [2.45, 2.75) is 13.3 Å². The molecule has 0 radical (unpaired) electrons. The fraction of sp³-hybridized carbons (Fsp3) is 0.263. The molecule has 3 heteroatoms. The maximum atomic E-state index is 6.20. The van der Waals surface area contributed by atoms with Crippen LogP contribution < -0.4 is 10.1 Å². The van der Waals surface area contributed by atoms with Gasteiger partial charge in [0.1, 0.15) is 11.5 Å². The Morgan fingerprint density at radius 1 is 1.09 bits per heavy atom. The monoisotopic (exact) mass is 311 g/mol. The van der Waals surface area contributed by atoms with Gasteiger partial charge < -0.3 is 10.1 Å². The van der Waals surface area contributed by atoms with Gasteiger partial charge in [-0.25, -0.2) is 0 Å². The Labute approximate surface area is 136 Å². The molecule has 0 amide bonds. The number of aryl methyl sites for hydroxylation is 1. The predicted octanol–water partition coefficient (Wildman–Crippen LogP) is 4.81. The first-order valence-corrected chi connectivity index (χ1v) is 8.69. The molecule has 1 N–H and O–H groups in total. The largest absolute Gasteiger partial charge is 0.456 e. The van der Waals surface area contributed by atoms with Crippen molar-refractivity contribution < 1.29 is 4.74 Å². The van der Waals surface area contributed by atoms with Gasteiger partial charge in [-0.15, -0.1) is 11.8 Å². The van der Waals surface area contributed by atoms with Crippen molar-refractivity contribution in [1.29, 1.82) is 0 Å². The van der Waals surface area contributed by atoms with E-state index in [-0.39, 0.29) is 0 Å². The van der Waals surface area contributed by atoms with E-state index in [1.165, 1.54) is 16.0 Å². The Hall–Kier alpha value is -1.71. The average molecular weight is 311 g/mol. The van der Waals surface area contributed by atoms with Gasteiger partial charge in [0.2, 0.25) is 0 Å². The van der Waals surface area contributed by atoms with Crippen LogP contribution in [0.1, 0.15) is 23.6 Å². The molecule has 0 saturated heterocycles. The molecule has 0 atom stereocenters.